The molecule has 0 aliphatic rings. The van der Waals surface area contributed by atoms with Gasteiger partial charge in [0.05, 0.1) is 0 Å². The largest absolute Gasteiger partial charge is 0.476 e. The van der Waals surface area contributed by atoms with Gasteiger partial charge in [-0.25, -0.2) is 4.57 Å². The Balaban J connectivity index is 1.77. The van der Waals surface area contributed by atoms with Crippen LogP contribution in [0.2, 0.25) is 0 Å². The maximum atomic E-state index is 13.4. The van der Waals surface area contributed by atoms with Crippen LogP contribution in [0.3, 0.4) is 0 Å². The Bertz CT molecular complexity index is 1050. The van der Waals surface area contributed by atoms with Gasteiger partial charge in [0.1, 0.15) is 17.2 Å². The Hall–Kier alpha value is -2.61. The fourth-order valence-electron chi connectivity index (χ4n) is 3.55. The molecule has 0 amide bonds. The van der Waals surface area contributed by atoms with Gasteiger partial charge in [0.2, 0.25) is 0 Å². The lowest BCUT2D eigenvalue weighted by molar-refractivity contribution is 0.133. The van der Waals surface area contributed by atoms with Gasteiger partial charge in [-0.05, 0) is 73.2 Å². The minimum Gasteiger partial charge on any atom is -0.476 e. The highest BCUT2D eigenvalue weighted by molar-refractivity contribution is 7.41. The number of hydrogen-bond acceptors (Lipinski definition) is 5. The topological polar surface area (TPSA) is 61.8 Å². The van der Waals surface area contributed by atoms with Crippen LogP contribution in [0.25, 0.3) is 11.1 Å². The highest BCUT2D eigenvalue weighted by atomic mass is 31.1. The molecule has 0 heterocycles. The van der Waals surface area contributed by atoms with Crippen molar-refractivity contribution >= 4 is 16.7 Å². The lowest BCUT2D eigenvalue weighted by Crippen LogP contribution is -2.32. The zero-order chi connectivity index (χ0) is 23.1. The summed E-state index contributed by atoms with van der Waals surface area (Å²) in [5, 5.41) is -0.878. The van der Waals surface area contributed by atoms with Crippen molar-refractivity contribution in [1.82, 2.24) is 0 Å². The minimum atomic E-state index is -2.58. The van der Waals surface area contributed by atoms with Crippen LogP contribution in [0, 0.1) is 13.8 Å². The van der Waals surface area contributed by atoms with Gasteiger partial charge in [-0.1, -0.05) is 56.3 Å². The van der Waals surface area contributed by atoms with Crippen molar-refractivity contribution in [3.63, 3.8) is 0 Å². The van der Waals surface area contributed by atoms with E-state index in [0.29, 0.717) is 24.3 Å². The molecule has 0 aliphatic carbocycles. The van der Waals surface area contributed by atoms with E-state index in [-0.39, 0.29) is 8.69 Å². The van der Waals surface area contributed by atoms with Crippen LogP contribution in [0.1, 0.15) is 37.8 Å². The van der Waals surface area contributed by atoms with Gasteiger partial charge in [-0.2, -0.15) is 0 Å². The summed E-state index contributed by atoms with van der Waals surface area (Å²) in [7, 11) is -2.96. The van der Waals surface area contributed by atoms with E-state index in [0.717, 1.165) is 28.0 Å². The van der Waals surface area contributed by atoms with Crippen LogP contribution in [0.5, 0.6) is 17.2 Å². The fraction of sp³-hybridized carbons (Fsp3) is 0.280. The molecule has 32 heavy (non-hydrogen) atoms. The van der Waals surface area contributed by atoms with Crippen LogP contribution >= 0.6 is 16.7 Å². The third-order valence-electron chi connectivity index (χ3n) is 5.62. The van der Waals surface area contributed by atoms with Crippen molar-refractivity contribution in [3.05, 3.63) is 77.9 Å². The molecule has 5 nitrogen and oxygen atoms in total. The van der Waals surface area contributed by atoms with Gasteiger partial charge in [0.25, 0.3) is 8.03 Å². The zero-order valence-corrected chi connectivity index (χ0v) is 20.6. The van der Waals surface area contributed by atoms with Crippen molar-refractivity contribution in [2.45, 2.75) is 45.9 Å². The van der Waals surface area contributed by atoms with Crippen molar-refractivity contribution in [2.75, 3.05) is 0 Å². The van der Waals surface area contributed by atoms with Crippen LogP contribution in [0.4, 0.5) is 0 Å². The lowest BCUT2D eigenvalue weighted by Gasteiger charge is -2.33. The van der Waals surface area contributed by atoms with Crippen molar-refractivity contribution < 1.29 is 22.9 Å². The van der Waals surface area contributed by atoms with E-state index >= 15 is 0 Å². The monoisotopic (exact) mass is 470 g/mol. The Labute approximate surface area is 191 Å². The predicted molar refractivity (Wildman–Crippen MR) is 130 cm³/mol. The van der Waals surface area contributed by atoms with Crippen LogP contribution < -0.4 is 13.8 Å². The molecule has 0 saturated carbocycles. The van der Waals surface area contributed by atoms with E-state index in [1.165, 1.54) is 0 Å². The first kappa shape index (κ1) is 24.0. The molecule has 3 aromatic rings. The number of rotatable bonds is 10. The molecule has 0 N–H and O–H groups in total. The van der Waals surface area contributed by atoms with E-state index in [2.05, 4.69) is 0 Å². The Kier molecular flexibility index (Phi) is 8.12. The first-order valence-electron chi connectivity index (χ1n) is 10.6. The molecule has 3 rings (SSSR count). The number of hydrogen-bond donors (Lipinski definition) is 0. The Morgan fingerprint density at radius 1 is 0.812 bits per heavy atom. The standard InChI is InChI=1S/C25H28O5P2/c1-5-25(6-2,28-24-18(3)8-7-9-19(24)4)32(27)30-23-16-12-21(13-17-23)20-10-14-22(15-11-20)29-31-26/h7-17,32H,5-6H2,1-4H3. The SMILES string of the molecule is CCC(CC)(Oc1c(C)cccc1C)[PH](=O)Oc1ccc(-c2ccc(OP=O)cc2)cc1. The van der Waals surface area contributed by atoms with Gasteiger partial charge in [0, 0.05) is 0 Å². The maximum absolute atomic E-state index is 13.4. The summed E-state index contributed by atoms with van der Waals surface area (Å²) >= 11 is 0. The number of para-hydroxylation sites is 1. The third-order valence-corrected chi connectivity index (χ3v) is 7.88. The molecular formula is C25H28O5P2. The molecule has 1 unspecified atom stereocenters. The van der Waals surface area contributed by atoms with Gasteiger partial charge < -0.3 is 13.8 Å². The second-order valence-electron chi connectivity index (χ2n) is 7.63. The van der Waals surface area contributed by atoms with Crippen molar-refractivity contribution in [2.24, 2.45) is 0 Å². The smallest absolute Gasteiger partial charge is 0.395 e. The van der Waals surface area contributed by atoms with E-state index in [1.807, 2.05) is 82.3 Å². The average Bonchev–Trinajstić information content (AvgIpc) is 2.81. The molecule has 3 aromatic carbocycles. The van der Waals surface area contributed by atoms with Gasteiger partial charge in [0.15, 0.2) is 5.34 Å². The van der Waals surface area contributed by atoms with Crippen LogP contribution in [-0.4, -0.2) is 5.34 Å². The second kappa shape index (κ2) is 10.8. The zero-order valence-electron chi connectivity index (χ0n) is 18.8. The summed E-state index contributed by atoms with van der Waals surface area (Å²) in [4.78, 5) is 0. The fourth-order valence-corrected chi connectivity index (χ4v) is 5.05. The number of aryl methyl sites for hydroxylation is 2. The maximum Gasteiger partial charge on any atom is 0.395 e. The van der Waals surface area contributed by atoms with Crippen LogP contribution in [-0.2, 0) is 9.13 Å². The molecule has 0 fully saturated rings. The summed E-state index contributed by atoms with van der Waals surface area (Å²) in [6.45, 7) is 7.94. The highest BCUT2D eigenvalue weighted by Crippen LogP contribution is 2.48. The molecule has 168 valence electrons. The summed E-state index contributed by atoms with van der Waals surface area (Å²) < 4.78 is 41.1. The number of ether oxygens (including phenoxy) is 1. The molecule has 1 atom stereocenters. The third kappa shape index (κ3) is 5.41. The first-order valence-corrected chi connectivity index (χ1v) is 12.6. The van der Waals surface area contributed by atoms with Crippen LogP contribution in [0.15, 0.2) is 66.7 Å². The number of benzene rings is 3. The molecule has 0 spiro atoms. The van der Waals surface area contributed by atoms with E-state index < -0.39 is 13.4 Å². The first-order chi connectivity index (χ1) is 15.4. The van der Waals surface area contributed by atoms with Crippen molar-refractivity contribution in [1.29, 1.82) is 0 Å². The summed E-state index contributed by atoms with van der Waals surface area (Å²) in [5.41, 5.74) is 3.99. The lowest BCUT2D eigenvalue weighted by atomic mass is 10.1. The van der Waals surface area contributed by atoms with Crippen molar-refractivity contribution in [3.8, 4) is 28.4 Å². The average molecular weight is 470 g/mol. The van der Waals surface area contributed by atoms with Gasteiger partial charge in [-0.3, -0.25) is 4.57 Å². The molecule has 0 aromatic heterocycles. The minimum absolute atomic E-state index is 0.379. The highest BCUT2D eigenvalue weighted by Gasteiger charge is 2.38. The summed E-state index contributed by atoms with van der Waals surface area (Å²) in [6, 6.07) is 20.7. The van der Waals surface area contributed by atoms with E-state index in [1.54, 1.807) is 12.1 Å². The Morgan fingerprint density at radius 2 is 1.31 bits per heavy atom. The predicted octanol–water partition coefficient (Wildman–Crippen LogP) is 8.00. The summed E-state index contributed by atoms with van der Waals surface area (Å²) in [6.07, 6.45) is 1.15. The quantitative estimate of drug-likeness (QED) is 0.281. The second-order valence-corrected chi connectivity index (χ2v) is 9.65. The molecule has 0 saturated heterocycles. The molecule has 0 radical (unpaired) electrons. The molecule has 0 aliphatic heterocycles. The Morgan fingerprint density at radius 3 is 1.78 bits per heavy atom. The normalized spacial score (nSPS) is 12.4. The molecule has 0 bridgehead atoms. The van der Waals surface area contributed by atoms with Gasteiger partial charge in [-0.15, -0.1) is 0 Å². The summed E-state index contributed by atoms with van der Waals surface area (Å²) in [5.74, 6) is 1.85. The van der Waals surface area contributed by atoms with E-state index in [4.69, 9.17) is 13.8 Å². The molecule has 7 heteroatoms. The molecular weight excluding hydrogens is 442 g/mol. The van der Waals surface area contributed by atoms with E-state index in [9.17, 15) is 9.13 Å². The van der Waals surface area contributed by atoms with Gasteiger partial charge >= 0.3 is 8.69 Å².